The predicted molar refractivity (Wildman–Crippen MR) is 105 cm³/mol. The van der Waals surface area contributed by atoms with Crippen molar-refractivity contribution in [2.75, 3.05) is 21.0 Å². The minimum atomic E-state index is -0.239. The van der Waals surface area contributed by atoms with E-state index >= 15 is 0 Å². The number of hydrogen-bond donors (Lipinski definition) is 0. The maximum absolute atomic E-state index is 12.6. The van der Waals surface area contributed by atoms with Crippen molar-refractivity contribution in [1.29, 1.82) is 0 Å². The Kier molecular flexibility index (Phi) is 4.95. The number of thiazole rings is 1. The van der Waals surface area contributed by atoms with Crippen molar-refractivity contribution in [3.05, 3.63) is 40.7 Å². The number of benzene rings is 2. The highest BCUT2D eigenvalue weighted by molar-refractivity contribution is 7.16. The van der Waals surface area contributed by atoms with Gasteiger partial charge in [0, 0.05) is 30.3 Å². The average Bonchev–Trinajstić information content (AvgIpc) is 3.29. The fourth-order valence-electron chi connectivity index (χ4n) is 3.16. The topological polar surface area (TPSA) is 71.3 Å². The van der Waals surface area contributed by atoms with Crippen LogP contribution in [0.2, 0.25) is 0 Å². The third-order valence-corrected chi connectivity index (χ3v) is 5.59. The van der Waals surface area contributed by atoms with E-state index in [1.165, 1.54) is 11.3 Å². The quantitative estimate of drug-likeness (QED) is 0.658. The molecule has 2 heterocycles. The number of aryl methyl sites for hydroxylation is 1. The summed E-state index contributed by atoms with van der Waals surface area (Å²) in [5.74, 6) is 2.48. The molecular formula is C20H20N2O5S. The van der Waals surface area contributed by atoms with Gasteiger partial charge in [-0.2, -0.15) is 4.99 Å². The summed E-state index contributed by atoms with van der Waals surface area (Å²) in [4.78, 5) is 17.7. The average molecular weight is 400 g/mol. The molecule has 2 aromatic carbocycles. The second kappa shape index (κ2) is 7.55. The number of rotatable bonds is 5. The van der Waals surface area contributed by atoms with Crippen LogP contribution in [0, 0.1) is 0 Å². The fraction of sp³-hybridized carbons (Fsp3) is 0.300. The number of ether oxygens (including phenoxy) is 4. The molecule has 0 saturated carbocycles. The van der Waals surface area contributed by atoms with Gasteiger partial charge in [0.2, 0.25) is 6.79 Å². The highest BCUT2D eigenvalue weighted by Crippen LogP contribution is 2.37. The molecule has 0 N–H and O–H groups in total. The van der Waals surface area contributed by atoms with Gasteiger partial charge in [0.15, 0.2) is 16.3 Å². The normalized spacial score (nSPS) is 13.2. The molecule has 0 atom stereocenters. The summed E-state index contributed by atoms with van der Waals surface area (Å²) in [5, 5.41) is 0. The highest BCUT2D eigenvalue weighted by atomic mass is 32.1. The zero-order valence-electron chi connectivity index (χ0n) is 15.9. The van der Waals surface area contributed by atoms with Gasteiger partial charge in [0.05, 0.1) is 30.9 Å². The van der Waals surface area contributed by atoms with E-state index in [-0.39, 0.29) is 19.1 Å². The number of fused-ring (bicyclic) bond motifs is 2. The second-order valence-corrected chi connectivity index (χ2v) is 7.17. The number of aromatic nitrogens is 1. The Balaban J connectivity index is 1.69. The Morgan fingerprint density at radius 3 is 2.68 bits per heavy atom. The molecule has 0 saturated heterocycles. The molecule has 0 bridgehead atoms. The summed E-state index contributed by atoms with van der Waals surface area (Å²) >= 11 is 1.46. The smallest absolute Gasteiger partial charge is 0.252 e. The molecule has 1 amide bonds. The van der Waals surface area contributed by atoms with Crippen LogP contribution in [0.5, 0.6) is 23.0 Å². The van der Waals surface area contributed by atoms with Crippen LogP contribution in [0.1, 0.15) is 12.5 Å². The minimum Gasteiger partial charge on any atom is -0.497 e. The highest BCUT2D eigenvalue weighted by Gasteiger charge is 2.18. The van der Waals surface area contributed by atoms with Crippen LogP contribution in [-0.2, 0) is 17.8 Å². The summed E-state index contributed by atoms with van der Waals surface area (Å²) in [6, 6.07) is 9.26. The van der Waals surface area contributed by atoms with Crippen molar-refractivity contribution >= 4 is 27.5 Å². The Morgan fingerprint density at radius 1 is 1.18 bits per heavy atom. The van der Waals surface area contributed by atoms with E-state index in [4.69, 9.17) is 18.9 Å². The summed E-state index contributed by atoms with van der Waals surface area (Å²) in [6.45, 7) is 2.95. The zero-order valence-corrected chi connectivity index (χ0v) is 16.7. The second-order valence-electron chi connectivity index (χ2n) is 6.16. The molecule has 0 fully saturated rings. The van der Waals surface area contributed by atoms with Crippen LogP contribution in [0.4, 0.5) is 0 Å². The molecule has 4 rings (SSSR count). The molecule has 1 aliphatic heterocycles. The van der Waals surface area contributed by atoms with Gasteiger partial charge in [-0.25, -0.2) is 0 Å². The Bertz CT molecular complexity index is 1120. The SMILES string of the molecule is CCn1c(=NC(=O)Cc2ccc(OC)cc2OC)sc2cc3c(cc21)OCO3. The Labute approximate surface area is 165 Å². The first-order valence-corrected chi connectivity index (χ1v) is 9.66. The van der Waals surface area contributed by atoms with E-state index < -0.39 is 0 Å². The molecular weight excluding hydrogens is 380 g/mol. The minimum absolute atomic E-state index is 0.147. The Morgan fingerprint density at radius 2 is 1.96 bits per heavy atom. The van der Waals surface area contributed by atoms with E-state index in [1.54, 1.807) is 26.4 Å². The van der Waals surface area contributed by atoms with Gasteiger partial charge in [0.25, 0.3) is 5.91 Å². The number of carbonyl (C=O) groups is 1. The van der Waals surface area contributed by atoms with E-state index in [0.29, 0.717) is 28.6 Å². The predicted octanol–water partition coefficient (Wildman–Crippen LogP) is 3.14. The maximum atomic E-state index is 12.6. The van der Waals surface area contributed by atoms with Gasteiger partial charge in [-0.3, -0.25) is 4.79 Å². The van der Waals surface area contributed by atoms with Crippen molar-refractivity contribution in [3.8, 4) is 23.0 Å². The van der Waals surface area contributed by atoms with Crippen LogP contribution in [0.3, 0.4) is 0 Å². The van der Waals surface area contributed by atoms with E-state index in [0.717, 1.165) is 21.5 Å². The van der Waals surface area contributed by atoms with Crippen LogP contribution in [0.15, 0.2) is 35.3 Å². The van der Waals surface area contributed by atoms with Gasteiger partial charge < -0.3 is 23.5 Å². The molecule has 0 radical (unpaired) electrons. The van der Waals surface area contributed by atoms with Gasteiger partial charge in [-0.05, 0) is 13.0 Å². The van der Waals surface area contributed by atoms with Gasteiger partial charge in [0.1, 0.15) is 11.5 Å². The molecule has 0 aliphatic carbocycles. The largest absolute Gasteiger partial charge is 0.497 e. The summed E-state index contributed by atoms with van der Waals surface area (Å²) in [7, 11) is 3.16. The van der Waals surface area contributed by atoms with Gasteiger partial charge >= 0.3 is 0 Å². The maximum Gasteiger partial charge on any atom is 0.252 e. The molecule has 0 unspecified atom stereocenters. The van der Waals surface area contributed by atoms with Crippen LogP contribution in [0.25, 0.3) is 10.2 Å². The van der Waals surface area contributed by atoms with Crippen LogP contribution < -0.4 is 23.7 Å². The number of methoxy groups -OCH3 is 2. The van der Waals surface area contributed by atoms with Crippen LogP contribution >= 0.6 is 11.3 Å². The standard InChI is InChI=1S/C20H20N2O5S/c1-4-22-14-9-16-17(27-11-26-16)10-18(14)28-20(22)21-19(23)7-12-5-6-13(24-2)8-15(12)25-3/h5-6,8-10H,4,7,11H2,1-3H3. The molecule has 8 heteroatoms. The molecule has 7 nitrogen and oxygen atoms in total. The molecule has 28 heavy (non-hydrogen) atoms. The van der Waals surface area contributed by atoms with Gasteiger partial charge in [-0.15, -0.1) is 0 Å². The molecule has 3 aromatic rings. The van der Waals surface area contributed by atoms with E-state index in [9.17, 15) is 4.79 Å². The summed E-state index contributed by atoms with van der Waals surface area (Å²) in [5.41, 5.74) is 1.74. The Hall–Kier alpha value is -3.00. The first-order valence-electron chi connectivity index (χ1n) is 8.84. The van der Waals surface area contributed by atoms with Gasteiger partial charge in [-0.1, -0.05) is 17.4 Å². The third kappa shape index (κ3) is 3.31. The van der Waals surface area contributed by atoms with E-state index in [2.05, 4.69) is 4.99 Å². The lowest BCUT2D eigenvalue weighted by Gasteiger charge is -2.08. The lowest BCUT2D eigenvalue weighted by atomic mass is 10.1. The first kappa shape index (κ1) is 18.4. The summed E-state index contributed by atoms with van der Waals surface area (Å²) in [6.07, 6.45) is 0.147. The number of carbonyl (C=O) groups excluding carboxylic acids is 1. The fourth-order valence-corrected chi connectivity index (χ4v) is 4.28. The van der Waals surface area contributed by atoms with E-state index in [1.807, 2.05) is 29.7 Å². The monoisotopic (exact) mass is 400 g/mol. The first-order chi connectivity index (χ1) is 13.6. The lowest BCUT2D eigenvalue weighted by Crippen LogP contribution is -2.16. The molecule has 1 aliphatic rings. The summed E-state index contributed by atoms with van der Waals surface area (Å²) < 4.78 is 24.5. The zero-order chi connectivity index (χ0) is 19.7. The van der Waals surface area contributed by atoms with Crippen molar-refractivity contribution in [1.82, 2.24) is 4.57 Å². The van der Waals surface area contributed by atoms with Crippen molar-refractivity contribution in [3.63, 3.8) is 0 Å². The number of nitrogens with zero attached hydrogens (tertiary/aromatic N) is 2. The third-order valence-electron chi connectivity index (χ3n) is 4.55. The lowest BCUT2D eigenvalue weighted by molar-refractivity contribution is -0.117. The van der Waals surface area contributed by atoms with Crippen molar-refractivity contribution in [2.45, 2.75) is 19.9 Å². The number of amides is 1. The molecule has 146 valence electrons. The van der Waals surface area contributed by atoms with Crippen LogP contribution in [-0.4, -0.2) is 31.5 Å². The number of hydrogen-bond acceptors (Lipinski definition) is 6. The van der Waals surface area contributed by atoms with Crippen molar-refractivity contribution < 1.29 is 23.7 Å². The molecule has 1 aromatic heterocycles. The van der Waals surface area contributed by atoms with Crippen molar-refractivity contribution in [2.24, 2.45) is 4.99 Å². The molecule has 0 spiro atoms.